The minimum absolute atomic E-state index is 0.313. The van der Waals surface area contributed by atoms with Crippen LogP contribution < -0.4 is 0 Å². The van der Waals surface area contributed by atoms with Gasteiger partial charge in [-0.05, 0) is 18.4 Å². The summed E-state index contributed by atoms with van der Waals surface area (Å²) in [6, 6.07) is 0. The zero-order valence-corrected chi connectivity index (χ0v) is 7.93. The molecule has 14 heavy (non-hydrogen) atoms. The molecular formula is C9H13F3O2. The molecule has 0 aliphatic carbocycles. The van der Waals surface area contributed by atoms with Crippen LogP contribution in [-0.2, 0) is 9.47 Å². The number of halogens is 3. The predicted molar refractivity (Wildman–Crippen MR) is 44.7 cm³/mol. The van der Waals surface area contributed by atoms with Crippen molar-refractivity contribution in [3.8, 4) is 0 Å². The van der Waals surface area contributed by atoms with Crippen molar-refractivity contribution in [3.63, 3.8) is 0 Å². The van der Waals surface area contributed by atoms with Crippen LogP contribution in [-0.4, -0.2) is 26.0 Å². The van der Waals surface area contributed by atoms with Crippen LogP contribution >= 0.6 is 0 Å². The maximum Gasteiger partial charge on any atom is 0.391 e. The Balaban J connectivity index is 2.44. The van der Waals surface area contributed by atoms with Gasteiger partial charge in [-0.1, -0.05) is 0 Å². The first-order valence-corrected chi connectivity index (χ1v) is 4.40. The van der Waals surface area contributed by atoms with Gasteiger partial charge < -0.3 is 9.47 Å². The van der Waals surface area contributed by atoms with Gasteiger partial charge in [-0.3, -0.25) is 0 Å². The van der Waals surface area contributed by atoms with Crippen molar-refractivity contribution in [2.45, 2.75) is 31.5 Å². The van der Waals surface area contributed by atoms with E-state index in [1.165, 1.54) is 13.4 Å². The third-order valence-electron chi connectivity index (χ3n) is 2.01. The highest BCUT2D eigenvalue weighted by atomic mass is 19.4. The molecule has 82 valence electrons. The SMILES string of the molecule is CO/C=C1\CCOC(CC(F)(F)F)C1. The highest BCUT2D eigenvalue weighted by molar-refractivity contribution is 5.02. The lowest BCUT2D eigenvalue weighted by molar-refractivity contribution is -0.162. The van der Waals surface area contributed by atoms with Crippen molar-refractivity contribution in [1.29, 1.82) is 0 Å². The van der Waals surface area contributed by atoms with Gasteiger partial charge >= 0.3 is 6.18 Å². The second kappa shape index (κ2) is 4.68. The van der Waals surface area contributed by atoms with E-state index in [0.29, 0.717) is 19.4 Å². The summed E-state index contributed by atoms with van der Waals surface area (Å²) in [5.41, 5.74) is 0.882. The Bertz CT molecular complexity index is 211. The largest absolute Gasteiger partial charge is 0.504 e. The molecule has 2 nitrogen and oxygen atoms in total. The highest BCUT2D eigenvalue weighted by Gasteiger charge is 2.34. The summed E-state index contributed by atoms with van der Waals surface area (Å²) < 4.78 is 45.8. The Morgan fingerprint density at radius 3 is 2.86 bits per heavy atom. The Morgan fingerprint density at radius 2 is 2.29 bits per heavy atom. The van der Waals surface area contributed by atoms with Gasteiger partial charge in [-0.25, -0.2) is 0 Å². The van der Waals surface area contributed by atoms with Crippen LogP contribution in [0.1, 0.15) is 19.3 Å². The lowest BCUT2D eigenvalue weighted by Crippen LogP contribution is -2.27. The second-order valence-corrected chi connectivity index (χ2v) is 3.28. The smallest absolute Gasteiger partial charge is 0.391 e. The standard InChI is InChI=1S/C9H13F3O2/c1-13-6-7-2-3-14-8(4-7)5-9(10,11)12/h6,8H,2-5H2,1H3/b7-6+. The van der Waals surface area contributed by atoms with Crippen LogP contribution in [0.4, 0.5) is 13.2 Å². The fourth-order valence-corrected chi connectivity index (χ4v) is 1.47. The summed E-state index contributed by atoms with van der Waals surface area (Å²) in [5.74, 6) is 0. The Morgan fingerprint density at radius 1 is 1.57 bits per heavy atom. The molecular weight excluding hydrogens is 197 g/mol. The molecule has 1 rings (SSSR count). The highest BCUT2D eigenvalue weighted by Crippen LogP contribution is 2.29. The minimum atomic E-state index is -4.15. The molecule has 0 aromatic rings. The fraction of sp³-hybridized carbons (Fsp3) is 0.778. The molecule has 0 aromatic carbocycles. The van der Waals surface area contributed by atoms with E-state index in [1.807, 2.05) is 0 Å². The van der Waals surface area contributed by atoms with Crippen molar-refractivity contribution in [2.75, 3.05) is 13.7 Å². The fourth-order valence-electron chi connectivity index (χ4n) is 1.47. The van der Waals surface area contributed by atoms with E-state index in [4.69, 9.17) is 9.47 Å². The summed E-state index contributed by atoms with van der Waals surface area (Å²) in [7, 11) is 1.49. The molecule has 0 bridgehead atoms. The third-order valence-corrected chi connectivity index (χ3v) is 2.01. The topological polar surface area (TPSA) is 18.5 Å². The molecule has 0 saturated carbocycles. The van der Waals surface area contributed by atoms with Gasteiger partial charge in [0.2, 0.25) is 0 Å². The van der Waals surface area contributed by atoms with E-state index in [9.17, 15) is 13.2 Å². The summed E-state index contributed by atoms with van der Waals surface area (Å²) in [6.45, 7) is 0.343. The Kier molecular flexibility index (Phi) is 3.80. The second-order valence-electron chi connectivity index (χ2n) is 3.28. The molecule has 1 fully saturated rings. The van der Waals surface area contributed by atoms with Crippen molar-refractivity contribution >= 4 is 0 Å². The van der Waals surface area contributed by atoms with Crippen molar-refractivity contribution < 1.29 is 22.6 Å². The van der Waals surface area contributed by atoms with Gasteiger partial charge in [-0.2, -0.15) is 13.2 Å². The molecule has 1 aliphatic rings. The maximum absolute atomic E-state index is 12.0. The van der Waals surface area contributed by atoms with Crippen LogP contribution in [0.5, 0.6) is 0 Å². The number of rotatable bonds is 2. The van der Waals surface area contributed by atoms with Crippen LogP contribution in [0.2, 0.25) is 0 Å². The summed E-state index contributed by atoms with van der Waals surface area (Å²) in [4.78, 5) is 0. The van der Waals surface area contributed by atoms with Crippen molar-refractivity contribution in [2.24, 2.45) is 0 Å². The van der Waals surface area contributed by atoms with Crippen LogP contribution in [0, 0.1) is 0 Å². The number of hydrogen-bond acceptors (Lipinski definition) is 2. The third kappa shape index (κ3) is 4.00. The molecule has 0 amide bonds. The van der Waals surface area contributed by atoms with Crippen molar-refractivity contribution in [1.82, 2.24) is 0 Å². The van der Waals surface area contributed by atoms with E-state index < -0.39 is 18.7 Å². The van der Waals surface area contributed by atoms with Gasteiger partial charge in [0.25, 0.3) is 0 Å². The Labute approximate surface area is 80.7 Å². The average molecular weight is 210 g/mol. The predicted octanol–water partition coefficient (Wildman–Crippen LogP) is 2.65. The Hall–Kier alpha value is -0.710. The number of ether oxygens (including phenoxy) is 2. The monoisotopic (exact) mass is 210 g/mol. The summed E-state index contributed by atoms with van der Waals surface area (Å²) >= 11 is 0. The molecule has 0 aromatic heterocycles. The lowest BCUT2D eigenvalue weighted by atomic mass is 10.0. The van der Waals surface area contributed by atoms with E-state index in [2.05, 4.69) is 0 Å². The van der Waals surface area contributed by atoms with E-state index >= 15 is 0 Å². The van der Waals surface area contributed by atoms with Gasteiger partial charge in [-0.15, -0.1) is 0 Å². The number of methoxy groups -OCH3 is 1. The zero-order valence-electron chi connectivity index (χ0n) is 7.93. The number of alkyl halides is 3. The minimum Gasteiger partial charge on any atom is -0.504 e. The van der Waals surface area contributed by atoms with Crippen LogP contribution in [0.15, 0.2) is 11.8 Å². The van der Waals surface area contributed by atoms with Gasteiger partial charge in [0.1, 0.15) is 0 Å². The zero-order chi connectivity index (χ0) is 10.6. The molecule has 0 spiro atoms. The molecule has 1 saturated heterocycles. The van der Waals surface area contributed by atoms with Gasteiger partial charge in [0, 0.05) is 0 Å². The van der Waals surface area contributed by atoms with Gasteiger partial charge in [0.15, 0.2) is 0 Å². The molecule has 1 atom stereocenters. The normalized spacial score (nSPS) is 26.6. The van der Waals surface area contributed by atoms with Crippen LogP contribution in [0.25, 0.3) is 0 Å². The van der Waals surface area contributed by atoms with Gasteiger partial charge in [0.05, 0.1) is 32.5 Å². The molecule has 1 unspecified atom stereocenters. The van der Waals surface area contributed by atoms with E-state index in [0.717, 1.165) is 5.57 Å². The lowest BCUT2D eigenvalue weighted by Gasteiger charge is -2.25. The molecule has 1 heterocycles. The summed E-state index contributed by atoms with van der Waals surface area (Å²) in [6.07, 6.45) is -3.31. The maximum atomic E-state index is 12.0. The first kappa shape index (κ1) is 11.4. The van der Waals surface area contributed by atoms with Crippen molar-refractivity contribution in [3.05, 3.63) is 11.8 Å². The molecule has 0 radical (unpaired) electrons. The quantitative estimate of drug-likeness (QED) is 0.652. The van der Waals surface area contributed by atoms with Crippen LogP contribution in [0.3, 0.4) is 0 Å². The molecule has 5 heteroatoms. The van der Waals surface area contributed by atoms with E-state index in [-0.39, 0.29) is 0 Å². The first-order valence-electron chi connectivity index (χ1n) is 4.40. The molecule has 1 aliphatic heterocycles. The number of hydrogen-bond donors (Lipinski definition) is 0. The first-order chi connectivity index (χ1) is 6.51. The molecule has 0 N–H and O–H groups in total. The summed E-state index contributed by atoms with van der Waals surface area (Å²) in [5, 5.41) is 0. The average Bonchev–Trinajstić information content (AvgIpc) is 2.02. The van der Waals surface area contributed by atoms with E-state index in [1.54, 1.807) is 0 Å².